The number of amides is 2. The van der Waals surface area contributed by atoms with Crippen molar-refractivity contribution in [1.29, 1.82) is 0 Å². The predicted molar refractivity (Wildman–Crippen MR) is 160 cm³/mol. The van der Waals surface area contributed by atoms with Gasteiger partial charge in [-0.2, -0.15) is 0 Å². The number of aromatic nitrogens is 1. The molecule has 9 heteroatoms. The third-order valence-corrected chi connectivity index (χ3v) is 7.22. The van der Waals surface area contributed by atoms with Crippen molar-refractivity contribution in [3.8, 4) is 11.5 Å². The first-order valence-electron chi connectivity index (χ1n) is 13.7. The Bertz CT molecular complexity index is 1590. The zero-order chi connectivity index (χ0) is 29.1. The number of benzene rings is 2. The van der Waals surface area contributed by atoms with E-state index in [0.29, 0.717) is 47.5 Å². The number of pyridine rings is 1. The second-order valence-electron chi connectivity index (χ2n) is 10.8. The van der Waals surface area contributed by atoms with Gasteiger partial charge < -0.3 is 31.0 Å². The normalized spacial score (nSPS) is 17.6. The molecule has 9 nitrogen and oxygen atoms in total. The Labute approximate surface area is 240 Å². The van der Waals surface area contributed by atoms with Crippen LogP contribution in [0.2, 0.25) is 0 Å². The monoisotopic (exact) mass is 555 g/mol. The number of hydrogen-bond acceptors (Lipinski definition) is 6. The first-order valence-corrected chi connectivity index (χ1v) is 13.7. The van der Waals surface area contributed by atoms with Crippen molar-refractivity contribution in [2.45, 2.75) is 51.7 Å². The minimum absolute atomic E-state index is 0. The SMILES string of the molecule is C/C(N)=C/C=C(\N)c1ccc(Oc2cc(C(=O)N[C@H]3CC(=O)N(C4CC4)C3)ccc2Cn2cc(C)ccc2=O)cc1.[HH]. The Hall–Kier alpha value is -4.79. The predicted octanol–water partition coefficient (Wildman–Crippen LogP) is 3.90. The molecule has 214 valence electrons. The molecule has 0 unspecified atom stereocenters. The van der Waals surface area contributed by atoms with E-state index >= 15 is 0 Å². The molecule has 1 atom stereocenters. The second kappa shape index (κ2) is 11.8. The maximum Gasteiger partial charge on any atom is 0.251 e. The minimum Gasteiger partial charge on any atom is -0.457 e. The summed E-state index contributed by atoms with van der Waals surface area (Å²) in [5.41, 5.74) is 15.8. The standard InChI is InChI=1S/C32H35N5O4.H2/c1-20-3-14-30(38)36(17-20)18-24-6-5-23(32(40)35-25-16-31(39)37(19-25)26-9-10-26)15-29(24)41-27-11-7-22(8-12-27)28(34)13-4-21(2)33;/h3-8,11-15,17,25-26H,9-10,16,18-19,33-34H2,1-2H3,(H,35,40);1H/b21-4-,28-13-;/t25-;/m0./s1. The van der Waals surface area contributed by atoms with E-state index in [0.717, 1.165) is 29.5 Å². The molecule has 0 spiro atoms. The van der Waals surface area contributed by atoms with Crippen LogP contribution in [0.15, 0.2) is 83.4 Å². The fraction of sp³-hybridized carbons (Fsp3) is 0.281. The number of carbonyl (C=O) groups is 2. The molecule has 5 rings (SSSR count). The van der Waals surface area contributed by atoms with Gasteiger partial charge in [-0.1, -0.05) is 12.1 Å². The number of nitrogens with one attached hydrogen (secondary N) is 1. The number of hydrogen-bond donors (Lipinski definition) is 3. The molecule has 1 saturated heterocycles. The molecule has 2 aromatic carbocycles. The van der Waals surface area contributed by atoms with Crippen LogP contribution >= 0.6 is 0 Å². The summed E-state index contributed by atoms with van der Waals surface area (Å²) in [6.07, 6.45) is 7.65. The van der Waals surface area contributed by atoms with Gasteiger partial charge in [0.2, 0.25) is 5.91 Å². The molecule has 5 N–H and O–H groups in total. The summed E-state index contributed by atoms with van der Waals surface area (Å²) in [7, 11) is 0. The molecular weight excluding hydrogens is 518 g/mol. The largest absolute Gasteiger partial charge is 0.457 e. The van der Waals surface area contributed by atoms with E-state index in [1.165, 1.54) is 6.07 Å². The van der Waals surface area contributed by atoms with Crippen LogP contribution in [0.1, 0.15) is 54.7 Å². The Morgan fingerprint density at radius 1 is 1.05 bits per heavy atom. The molecule has 1 aromatic heterocycles. The molecule has 0 radical (unpaired) electrons. The van der Waals surface area contributed by atoms with E-state index < -0.39 is 0 Å². The summed E-state index contributed by atoms with van der Waals surface area (Å²) in [4.78, 5) is 40.0. The van der Waals surface area contributed by atoms with Gasteiger partial charge in [-0.25, -0.2) is 0 Å². The molecule has 2 fully saturated rings. The molecular formula is C32H37N5O4. The second-order valence-corrected chi connectivity index (χ2v) is 10.8. The first-order chi connectivity index (χ1) is 19.7. The van der Waals surface area contributed by atoms with Crippen LogP contribution in [-0.4, -0.2) is 39.9 Å². The number of aryl methyl sites for hydroxylation is 1. The summed E-state index contributed by atoms with van der Waals surface area (Å²) >= 11 is 0. The molecule has 2 heterocycles. The molecule has 2 aliphatic rings. The lowest BCUT2D eigenvalue weighted by Crippen LogP contribution is -2.37. The van der Waals surface area contributed by atoms with Crippen LogP contribution in [0.25, 0.3) is 5.70 Å². The summed E-state index contributed by atoms with van der Waals surface area (Å²) < 4.78 is 7.88. The minimum atomic E-state index is -0.277. The number of rotatable bonds is 9. The third-order valence-electron chi connectivity index (χ3n) is 7.22. The van der Waals surface area contributed by atoms with E-state index in [1.807, 2.05) is 24.0 Å². The lowest BCUT2D eigenvalue weighted by Gasteiger charge is -2.17. The van der Waals surface area contributed by atoms with E-state index in [2.05, 4.69) is 5.32 Å². The van der Waals surface area contributed by atoms with Gasteiger partial charge >= 0.3 is 0 Å². The smallest absolute Gasteiger partial charge is 0.251 e. The highest BCUT2D eigenvalue weighted by atomic mass is 16.5. The average Bonchev–Trinajstić information content (AvgIpc) is 3.72. The number of likely N-dealkylation sites (tertiary alicyclic amines) is 1. The zero-order valence-corrected chi connectivity index (χ0v) is 23.3. The van der Waals surface area contributed by atoms with Crippen molar-refractivity contribution in [3.05, 3.63) is 111 Å². The summed E-state index contributed by atoms with van der Waals surface area (Å²) in [6, 6.07) is 15.9. The molecule has 2 amide bonds. The van der Waals surface area contributed by atoms with Crippen LogP contribution in [0, 0.1) is 6.92 Å². The number of carbonyl (C=O) groups excluding carboxylic acids is 2. The van der Waals surface area contributed by atoms with Crippen molar-refractivity contribution in [2.75, 3.05) is 6.54 Å². The molecule has 1 aliphatic heterocycles. The zero-order valence-electron chi connectivity index (χ0n) is 23.3. The maximum absolute atomic E-state index is 13.2. The molecule has 3 aromatic rings. The Balaban J connectivity index is 0.00000405. The van der Waals surface area contributed by atoms with Gasteiger partial charge in [-0.05, 0) is 86.4 Å². The third kappa shape index (κ3) is 6.87. The first kappa shape index (κ1) is 27.8. The summed E-state index contributed by atoms with van der Waals surface area (Å²) in [6.45, 7) is 4.51. The Kier molecular flexibility index (Phi) is 7.96. The number of allylic oxidation sites excluding steroid dienone is 3. The molecule has 1 aliphatic carbocycles. The summed E-state index contributed by atoms with van der Waals surface area (Å²) in [5.74, 6) is 0.810. The van der Waals surface area contributed by atoms with Crippen LogP contribution < -0.4 is 27.1 Å². The molecule has 0 bridgehead atoms. The van der Waals surface area contributed by atoms with E-state index in [9.17, 15) is 14.4 Å². The maximum atomic E-state index is 13.2. The fourth-order valence-corrected chi connectivity index (χ4v) is 4.88. The van der Waals surface area contributed by atoms with Crippen LogP contribution in [-0.2, 0) is 11.3 Å². The van der Waals surface area contributed by atoms with Gasteiger partial charge in [0.15, 0.2) is 0 Å². The van der Waals surface area contributed by atoms with Crippen molar-refractivity contribution in [1.82, 2.24) is 14.8 Å². The fourth-order valence-electron chi connectivity index (χ4n) is 4.88. The van der Waals surface area contributed by atoms with E-state index in [1.54, 1.807) is 66.2 Å². The van der Waals surface area contributed by atoms with Gasteiger partial charge in [0.25, 0.3) is 11.5 Å². The van der Waals surface area contributed by atoms with Crippen molar-refractivity contribution < 1.29 is 15.8 Å². The topological polar surface area (TPSA) is 133 Å². The van der Waals surface area contributed by atoms with Gasteiger partial charge in [0, 0.05) is 55.2 Å². The van der Waals surface area contributed by atoms with E-state index in [-0.39, 0.29) is 31.4 Å². The van der Waals surface area contributed by atoms with Gasteiger partial charge in [0.1, 0.15) is 11.5 Å². The highest BCUT2D eigenvalue weighted by Crippen LogP contribution is 2.31. The van der Waals surface area contributed by atoms with Gasteiger partial charge in [-0.3, -0.25) is 14.4 Å². The molecule has 41 heavy (non-hydrogen) atoms. The number of nitrogens with two attached hydrogens (primary N) is 2. The van der Waals surface area contributed by atoms with Gasteiger partial charge in [-0.15, -0.1) is 0 Å². The van der Waals surface area contributed by atoms with Crippen molar-refractivity contribution in [2.24, 2.45) is 11.5 Å². The number of ether oxygens (including phenoxy) is 1. The van der Waals surface area contributed by atoms with Crippen LogP contribution in [0.3, 0.4) is 0 Å². The van der Waals surface area contributed by atoms with E-state index in [4.69, 9.17) is 16.2 Å². The van der Waals surface area contributed by atoms with Crippen LogP contribution in [0.4, 0.5) is 0 Å². The highest BCUT2D eigenvalue weighted by Gasteiger charge is 2.39. The highest BCUT2D eigenvalue weighted by molar-refractivity contribution is 5.95. The van der Waals surface area contributed by atoms with Crippen LogP contribution in [0.5, 0.6) is 11.5 Å². The van der Waals surface area contributed by atoms with Crippen molar-refractivity contribution >= 4 is 17.5 Å². The summed E-state index contributed by atoms with van der Waals surface area (Å²) in [5, 5.41) is 3.01. The average molecular weight is 556 g/mol. The Morgan fingerprint density at radius 3 is 2.49 bits per heavy atom. The lowest BCUT2D eigenvalue weighted by atomic mass is 10.1. The Morgan fingerprint density at radius 2 is 1.78 bits per heavy atom. The van der Waals surface area contributed by atoms with Crippen molar-refractivity contribution in [3.63, 3.8) is 0 Å². The quantitative estimate of drug-likeness (QED) is 0.343. The lowest BCUT2D eigenvalue weighted by molar-refractivity contribution is -0.128. The molecule has 1 saturated carbocycles. The number of nitrogens with zero attached hydrogens (tertiary/aromatic N) is 2. The van der Waals surface area contributed by atoms with Gasteiger partial charge in [0.05, 0.1) is 12.6 Å².